The van der Waals surface area contributed by atoms with Gasteiger partial charge >= 0.3 is 0 Å². The molecular weight excluding hydrogens is 362 g/mol. The summed E-state index contributed by atoms with van der Waals surface area (Å²) in [4.78, 5) is 4.21. The van der Waals surface area contributed by atoms with E-state index in [0.717, 1.165) is 5.69 Å². The molecule has 1 aromatic heterocycles. The molecule has 0 fully saturated rings. The normalized spacial score (nSPS) is 21.9. The van der Waals surface area contributed by atoms with Crippen LogP contribution >= 0.6 is 0 Å². The van der Waals surface area contributed by atoms with Crippen LogP contribution in [0.1, 0.15) is 6.92 Å². The van der Waals surface area contributed by atoms with Crippen molar-refractivity contribution in [2.45, 2.75) is 23.5 Å². The lowest BCUT2D eigenvalue weighted by molar-refractivity contribution is -0.00148. The fraction of sp³-hybridized carbons (Fsp3) is 0.250. The third kappa shape index (κ3) is 5.03. The zero-order chi connectivity index (χ0) is 19.2. The molecule has 0 radical (unpaired) electrons. The smallest absolute Gasteiger partial charge is 0.241 e. The van der Waals surface area contributed by atoms with Crippen molar-refractivity contribution in [1.82, 2.24) is 9.71 Å². The molecule has 1 aliphatic rings. The van der Waals surface area contributed by atoms with E-state index in [-0.39, 0.29) is 4.90 Å². The molecule has 6 nitrogen and oxygen atoms in total. The number of aromatic nitrogens is 1. The average molecular weight is 385 g/mol. The molecule has 2 aromatic rings. The molecule has 1 aromatic carbocycles. The molecule has 7 heteroatoms. The van der Waals surface area contributed by atoms with Crippen molar-refractivity contribution >= 4 is 15.7 Å². The lowest BCUT2D eigenvalue weighted by Crippen LogP contribution is -2.51. The standard InChI is InChI=1S/C20H23N3O3S/c1-20(26-16-15-22-17-10-13-21-14-11-17)12-6-5-9-19(20)23-27(24,25)18-7-3-2-4-8-18/h2-14,19,23H,15-16H2,1H3,(H,21,22). The number of nitrogens with one attached hydrogen (secondary N) is 2. The summed E-state index contributed by atoms with van der Waals surface area (Å²) < 4.78 is 34.1. The molecule has 0 saturated carbocycles. The summed E-state index contributed by atoms with van der Waals surface area (Å²) in [6.07, 6.45) is 10.8. The van der Waals surface area contributed by atoms with Crippen molar-refractivity contribution in [1.29, 1.82) is 0 Å². The summed E-state index contributed by atoms with van der Waals surface area (Å²) in [7, 11) is -3.64. The first-order valence-electron chi connectivity index (χ1n) is 8.71. The van der Waals surface area contributed by atoms with Crippen LogP contribution in [0.3, 0.4) is 0 Å². The minimum atomic E-state index is -3.64. The second-order valence-electron chi connectivity index (χ2n) is 6.35. The van der Waals surface area contributed by atoms with Gasteiger partial charge < -0.3 is 10.1 Å². The summed E-state index contributed by atoms with van der Waals surface area (Å²) in [6.45, 7) is 2.88. The summed E-state index contributed by atoms with van der Waals surface area (Å²) in [5.74, 6) is 0. The first-order valence-corrected chi connectivity index (χ1v) is 10.2. The SMILES string of the molecule is CC1(OCCNc2ccncc2)C=CC=CC1NS(=O)(=O)c1ccccc1. The molecule has 2 unspecified atom stereocenters. The van der Waals surface area contributed by atoms with E-state index >= 15 is 0 Å². The van der Waals surface area contributed by atoms with E-state index in [1.807, 2.05) is 37.3 Å². The van der Waals surface area contributed by atoms with E-state index in [2.05, 4.69) is 15.0 Å². The Morgan fingerprint density at radius 3 is 2.59 bits per heavy atom. The predicted octanol–water partition coefficient (Wildman–Crippen LogP) is 2.74. The van der Waals surface area contributed by atoms with Crippen LogP contribution in [0.2, 0.25) is 0 Å². The number of sulfonamides is 1. The number of pyridine rings is 1. The fourth-order valence-electron chi connectivity index (χ4n) is 2.78. The molecule has 3 rings (SSSR count). The monoisotopic (exact) mass is 385 g/mol. The molecule has 0 amide bonds. The van der Waals surface area contributed by atoms with Crippen LogP contribution in [-0.2, 0) is 14.8 Å². The maximum Gasteiger partial charge on any atom is 0.241 e. The zero-order valence-corrected chi connectivity index (χ0v) is 15.9. The topological polar surface area (TPSA) is 80.3 Å². The molecule has 2 N–H and O–H groups in total. The Kier molecular flexibility index (Phi) is 6.05. The molecule has 27 heavy (non-hydrogen) atoms. The van der Waals surface area contributed by atoms with Crippen LogP contribution in [0, 0.1) is 0 Å². The van der Waals surface area contributed by atoms with Gasteiger partial charge in [0.15, 0.2) is 0 Å². The summed E-state index contributed by atoms with van der Waals surface area (Å²) >= 11 is 0. The van der Waals surface area contributed by atoms with E-state index in [1.165, 1.54) is 0 Å². The summed E-state index contributed by atoms with van der Waals surface area (Å²) in [6, 6.07) is 11.6. The quantitative estimate of drug-likeness (QED) is 0.683. The van der Waals surface area contributed by atoms with Crippen LogP contribution in [0.15, 0.2) is 84.1 Å². The lowest BCUT2D eigenvalue weighted by atomic mass is 9.92. The Balaban J connectivity index is 1.62. The molecule has 0 spiro atoms. The minimum absolute atomic E-state index is 0.231. The van der Waals surface area contributed by atoms with Crippen LogP contribution < -0.4 is 10.0 Å². The van der Waals surface area contributed by atoms with Crippen molar-refractivity contribution in [3.05, 3.63) is 79.2 Å². The summed E-state index contributed by atoms with van der Waals surface area (Å²) in [5.41, 5.74) is 0.176. The second kappa shape index (κ2) is 8.47. The molecule has 1 aliphatic carbocycles. The Morgan fingerprint density at radius 2 is 1.85 bits per heavy atom. The van der Waals surface area contributed by atoms with Gasteiger partial charge in [-0.15, -0.1) is 0 Å². The molecule has 0 aliphatic heterocycles. The third-order valence-electron chi connectivity index (χ3n) is 4.32. The van der Waals surface area contributed by atoms with E-state index in [4.69, 9.17) is 4.74 Å². The van der Waals surface area contributed by atoms with Gasteiger partial charge in [0, 0.05) is 24.6 Å². The number of benzene rings is 1. The average Bonchev–Trinajstić information content (AvgIpc) is 2.69. The minimum Gasteiger partial charge on any atom is -0.383 e. The van der Waals surface area contributed by atoms with Gasteiger partial charge in [0.1, 0.15) is 5.60 Å². The Hall–Kier alpha value is -2.48. The number of hydrogen-bond donors (Lipinski definition) is 2. The highest BCUT2D eigenvalue weighted by Crippen LogP contribution is 2.24. The number of hydrogen-bond acceptors (Lipinski definition) is 5. The van der Waals surface area contributed by atoms with Gasteiger partial charge in [-0.1, -0.05) is 42.5 Å². The van der Waals surface area contributed by atoms with Gasteiger partial charge in [-0.05, 0) is 31.2 Å². The Labute approximate surface area is 160 Å². The molecule has 142 valence electrons. The number of ether oxygens (including phenoxy) is 1. The van der Waals surface area contributed by atoms with Gasteiger partial charge in [-0.3, -0.25) is 4.98 Å². The largest absolute Gasteiger partial charge is 0.383 e. The number of rotatable bonds is 8. The van der Waals surface area contributed by atoms with Crippen LogP contribution in [0.5, 0.6) is 0 Å². The maximum absolute atomic E-state index is 12.7. The fourth-order valence-corrected chi connectivity index (χ4v) is 4.08. The van der Waals surface area contributed by atoms with Crippen LogP contribution in [-0.4, -0.2) is 38.2 Å². The van der Waals surface area contributed by atoms with E-state index in [9.17, 15) is 8.42 Å². The van der Waals surface area contributed by atoms with E-state index in [0.29, 0.717) is 13.2 Å². The van der Waals surface area contributed by atoms with Gasteiger partial charge in [0.25, 0.3) is 0 Å². The molecular formula is C20H23N3O3S. The van der Waals surface area contributed by atoms with E-state index in [1.54, 1.807) is 48.8 Å². The number of nitrogens with zero attached hydrogens (tertiary/aromatic N) is 1. The first kappa shape index (κ1) is 19.3. The van der Waals surface area contributed by atoms with Gasteiger partial charge in [0.05, 0.1) is 17.5 Å². The van der Waals surface area contributed by atoms with Gasteiger partial charge in [-0.25, -0.2) is 13.1 Å². The van der Waals surface area contributed by atoms with Gasteiger partial charge in [0.2, 0.25) is 10.0 Å². The molecule has 0 saturated heterocycles. The Bertz CT molecular complexity index is 899. The van der Waals surface area contributed by atoms with Crippen molar-refractivity contribution in [2.24, 2.45) is 0 Å². The molecule has 1 heterocycles. The number of allylic oxidation sites excluding steroid dienone is 2. The van der Waals surface area contributed by atoms with E-state index < -0.39 is 21.7 Å². The van der Waals surface area contributed by atoms with Crippen LogP contribution in [0.4, 0.5) is 5.69 Å². The highest BCUT2D eigenvalue weighted by atomic mass is 32.2. The molecule has 2 atom stereocenters. The maximum atomic E-state index is 12.7. The lowest BCUT2D eigenvalue weighted by Gasteiger charge is -2.35. The zero-order valence-electron chi connectivity index (χ0n) is 15.1. The van der Waals surface area contributed by atoms with Crippen molar-refractivity contribution in [3.8, 4) is 0 Å². The van der Waals surface area contributed by atoms with Crippen molar-refractivity contribution in [3.63, 3.8) is 0 Å². The first-order chi connectivity index (χ1) is 13.0. The Morgan fingerprint density at radius 1 is 1.11 bits per heavy atom. The highest BCUT2D eigenvalue weighted by Gasteiger charge is 2.35. The highest BCUT2D eigenvalue weighted by molar-refractivity contribution is 7.89. The summed E-state index contributed by atoms with van der Waals surface area (Å²) in [5, 5.41) is 3.24. The third-order valence-corrected chi connectivity index (χ3v) is 5.78. The second-order valence-corrected chi connectivity index (χ2v) is 8.06. The van der Waals surface area contributed by atoms with Crippen molar-refractivity contribution < 1.29 is 13.2 Å². The predicted molar refractivity (Wildman–Crippen MR) is 106 cm³/mol. The number of anilines is 1. The van der Waals surface area contributed by atoms with Crippen LogP contribution in [0.25, 0.3) is 0 Å². The van der Waals surface area contributed by atoms with Crippen molar-refractivity contribution in [2.75, 3.05) is 18.5 Å². The molecule has 0 bridgehead atoms. The van der Waals surface area contributed by atoms with Gasteiger partial charge in [-0.2, -0.15) is 0 Å².